The Kier molecular flexibility index (Phi) is 5.43. The van der Waals surface area contributed by atoms with E-state index in [4.69, 9.17) is 0 Å². The van der Waals surface area contributed by atoms with Crippen molar-refractivity contribution in [3.05, 3.63) is 109 Å². The summed E-state index contributed by atoms with van der Waals surface area (Å²) in [7, 11) is -2.99. The van der Waals surface area contributed by atoms with E-state index in [0.29, 0.717) is 0 Å². The fourth-order valence-electron chi connectivity index (χ4n) is 3.73. The average Bonchev–Trinajstić information content (AvgIpc) is 2.78. The first-order chi connectivity index (χ1) is 13.7. The van der Waals surface area contributed by atoms with E-state index in [9.17, 15) is 4.57 Å². The van der Waals surface area contributed by atoms with E-state index in [0.717, 1.165) is 17.0 Å². The minimum atomic E-state index is -2.99. The molecule has 1 N–H and O–H groups in total. The van der Waals surface area contributed by atoms with Crippen LogP contribution in [0.5, 0.6) is 0 Å². The maximum Gasteiger partial charge on any atom is 0.205 e. The lowest BCUT2D eigenvalue weighted by molar-refractivity contribution is 0.557. The number of fused-ring (bicyclic) bond motifs is 1. The molecule has 2 nitrogen and oxygen atoms in total. The molecule has 3 heteroatoms. The molecule has 0 saturated carbocycles. The monoisotopic (exact) mass is 385 g/mol. The lowest BCUT2D eigenvalue weighted by Gasteiger charge is -2.27. The molecule has 0 aromatic heterocycles. The largest absolute Gasteiger partial charge is 0.297 e. The summed E-state index contributed by atoms with van der Waals surface area (Å²) < 4.78 is 14.4. The predicted molar refractivity (Wildman–Crippen MR) is 120 cm³/mol. The fourth-order valence-corrected chi connectivity index (χ4v) is 6.27. The molecule has 1 atom stereocenters. The van der Waals surface area contributed by atoms with Gasteiger partial charge < -0.3 is 0 Å². The topological polar surface area (TPSA) is 29.1 Å². The van der Waals surface area contributed by atoms with E-state index >= 15 is 0 Å². The van der Waals surface area contributed by atoms with Crippen molar-refractivity contribution in [1.82, 2.24) is 5.09 Å². The van der Waals surface area contributed by atoms with Crippen LogP contribution in [-0.2, 0) is 4.57 Å². The number of rotatable bonds is 6. The summed E-state index contributed by atoms with van der Waals surface area (Å²) in [5, 5.41) is 7.65. The second-order valence-corrected chi connectivity index (χ2v) is 9.45. The third kappa shape index (κ3) is 3.54. The lowest BCUT2D eigenvalue weighted by atomic mass is 9.98. The van der Waals surface area contributed by atoms with Gasteiger partial charge in [0.2, 0.25) is 7.29 Å². The van der Waals surface area contributed by atoms with Crippen LogP contribution in [-0.4, -0.2) is 0 Å². The van der Waals surface area contributed by atoms with E-state index in [-0.39, 0.29) is 6.04 Å². The van der Waals surface area contributed by atoms with Gasteiger partial charge in [-0.3, -0.25) is 9.65 Å². The first-order valence-corrected chi connectivity index (χ1v) is 11.4. The van der Waals surface area contributed by atoms with Crippen LogP contribution in [0.25, 0.3) is 10.8 Å². The van der Waals surface area contributed by atoms with Crippen LogP contribution in [0.15, 0.2) is 103 Å². The van der Waals surface area contributed by atoms with Crippen molar-refractivity contribution in [1.29, 1.82) is 0 Å². The highest BCUT2D eigenvalue weighted by atomic mass is 31.2. The Hall–Kier alpha value is -2.67. The van der Waals surface area contributed by atoms with Gasteiger partial charge in [-0.2, -0.15) is 0 Å². The molecule has 0 radical (unpaired) electrons. The van der Waals surface area contributed by atoms with Gasteiger partial charge in [0.05, 0.1) is 0 Å². The number of nitrogens with one attached hydrogen (secondary N) is 1. The standard InChI is InChI=1S/C25H24NOP/c1-2-25(24-19-11-13-20-12-9-10-18-23(20)24)26-28(27,21-14-5-3-6-15-21)22-16-7-4-8-17-22/h3-19,25H,2H2,1H3,(H,26,27)/t25-/m1/s1. The van der Waals surface area contributed by atoms with Gasteiger partial charge in [0, 0.05) is 16.7 Å². The van der Waals surface area contributed by atoms with Gasteiger partial charge >= 0.3 is 0 Å². The number of benzene rings is 4. The Morgan fingerprint density at radius 1 is 0.714 bits per heavy atom. The minimum absolute atomic E-state index is 0.0163. The van der Waals surface area contributed by atoms with Crippen LogP contribution in [0.3, 0.4) is 0 Å². The smallest absolute Gasteiger partial charge is 0.205 e. The Morgan fingerprint density at radius 3 is 1.86 bits per heavy atom. The van der Waals surface area contributed by atoms with Crippen LogP contribution in [0.4, 0.5) is 0 Å². The summed E-state index contributed by atoms with van der Waals surface area (Å²) in [6.07, 6.45) is 0.845. The molecule has 0 aliphatic rings. The maximum absolute atomic E-state index is 14.4. The highest BCUT2D eigenvalue weighted by molar-refractivity contribution is 7.76. The molecule has 0 aliphatic heterocycles. The second kappa shape index (κ2) is 8.14. The summed E-state index contributed by atoms with van der Waals surface area (Å²) in [5.41, 5.74) is 1.19. The van der Waals surface area contributed by atoms with Gasteiger partial charge in [-0.1, -0.05) is 85.8 Å². The summed E-state index contributed by atoms with van der Waals surface area (Å²) in [4.78, 5) is 0. The quantitative estimate of drug-likeness (QED) is 0.424. The summed E-state index contributed by atoms with van der Waals surface area (Å²) in [6, 6.07) is 34.3. The number of hydrogen-bond acceptors (Lipinski definition) is 1. The summed E-state index contributed by atoms with van der Waals surface area (Å²) in [6.45, 7) is 2.14. The minimum Gasteiger partial charge on any atom is -0.297 e. The van der Waals surface area contributed by atoms with Crippen molar-refractivity contribution >= 4 is 28.7 Å². The molecule has 0 heterocycles. The Labute approximate surface area is 166 Å². The van der Waals surface area contributed by atoms with E-state index in [1.165, 1.54) is 16.3 Å². The molecular formula is C25H24NOP. The average molecular weight is 385 g/mol. The van der Waals surface area contributed by atoms with Crippen LogP contribution in [0.1, 0.15) is 24.9 Å². The van der Waals surface area contributed by atoms with E-state index < -0.39 is 7.29 Å². The fraction of sp³-hybridized carbons (Fsp3) is 0.120. The van der Waals surface area contributed by atoms with Gasteiger partial charge in [-0.15, -0.1) is 0 Å². The Balaban J connectivity index is 1.83. The van der Waals surface area contributed by atoms with Crippen LogP contribution in [0.2, 0.25) is 0 Å². The van der Waals surface area contributed by atoms with Gasteiger partial charge in [-0.25, -0.2) is 0 Å². The van der Waals surface area contributed by atoms with Crippen molar-refractivity contribution in [2.24, 2.45) is 0 Å². The molecule has 4 rings (SSSR count). The van der Waals surface area contributed by atoms with Gasteiger partial charge in [0.1, 0.15) is 0 Å². The Bertz CT molecular complexity index is 1060. The van der Waals surface area contributed by atoms with Gasteiger partial charge in [0.15, 0.2) is 0 Å². The zero-order valence-electron chi connectivity index (χ0n) is 16.0. The third-order valence-corrected chi connectivity index (χ3v) is 7.91. The SMILES string of the molecule is CC[C@@H](NP(=O)(c1ccccc1)c1ccccc1)c1cccc2ccccc12. The van der Waals surface area contributed by atoms with Crippen molar-refractivity contribution in [3.8, 4) is 0 Å². The van der Waals surface area contributed by atoms with Crippen LogP contribution >= 0.6 is 7.29 Å². The first kappa shape index (κ1) is 18.7. The zero-order valence-corrected chi connectivity index (χ0v) is 16.8. The van der Waals surface area contributed by atoms with Crippen molar-refractivity contribution in [3.63, 3.8) is 0 Å². The van der Waals surface area contributed by atoms with E-state index in [2.05, 4.69) is 54.5 Å². The molecule has 28 heavy (non-hydrogen) atoms. The molecule has 140 valence electrons. The molecule has 0 saturated heterocycles. The third-order valence-electron chi connectivity index (χ3n) is 5.18. The van der Waals surface area contributed by atoms with E-state index in [1.54, 1.807) is 0 Å². The normalized spacial score (nSPS) is 12.8. The van der Waals surface area contributed by atoms with Crippen molar-refractivity contribution in [2.45, 2.75) is 19.4 Å². The lowest BCUT2D eigenvalue weighted by Crippen LogP contribution is -2.30. The van der Waals surface area contributed by atoms with E-state index in [1.807, 2.05) is 60.7 Å². The molecule has 0 fully saturated rings. The Morgan fingerprint density at radius 2 is 1.25 bits per heavy atom. The molecule has 0 bridgehead atoms. The number of hydrogen-bond donors (Lipinski definition) is 1. The molecule has 0 amide bonds. The first-order valence-electron chi connectivity index (χ1n) is 9.69. The zero-order chi connectivity index (χ0) is 19.4. The molecule has 0 aliphatic carbocycles. The molecular weight excluding hydrogens is 361 g/mol. The summed E-state index contributed by atoms with van der Waals surface area (Å²) in [5.74, 6) is 0. The maximum atomic E-state index is 14.4. The van der Waals surface area contributed by atoms with Crippen LogP contribution in [0, 0.1) is 0 Å². The summed E-state index contributed by atoms with van der Waals surface area (Å²) >= 11 is 0. The highest BCUT2D eigenvalue weighted by Crippen LogP contribution is 2.43. The van der Waals surface area contributed by atoms with Crippen molar-refractivity contribution in [2.75, 3.05) is 0 Å². The van der Waals surface area contributed by atoms with Gasteiger partial charge in [0.25, 0.3) is 0 Å². The molecule has 0 unspecified atom stereocenters. The molecule has 0 spiro atoms. The van der Waals surface area contributed by atoms with Crippen molar-refractivity contribution < 1.29 is 4.57 Å². The second-order valence-electron chi connectivity index (χ2n) is 6.94. The highest BCUT2D eigenvalue weighted by Gasteiger charge is 2.30. The predicted octanol–water partition coefficient (Wildman–Crippen LogP) is 5.81. The molecule has 4 aromatic rings. The van der Waals surface area contributed by atoms with Crippen LogP contribution < -0.4 is 15.7 Å². The van der Waals surface area contributed by atoms with Gasteiger partial charge in [-0.05, 0) is 47.0 Å². The molecule has 4 aromatic carbocycles.